The van der Waals surface area contributed by atoms with Gasteiger partial charge in [0.1, 0.15) is 22.6 Å². The predicted octanol–water partition coefficient (Wildman–Crippen LogP) is 4.03. The van der Waals surface area contributed by atoms with Gasteiger partial charge in [-0.1, -0.05) is 36.8 Å². The van der Waals surface area contributed by atoms with Crippen LogP contribution in [0.5, 0.6) is 11.5 Å². The second-order valence-electron chi connectivity index (χ2n) is 6.87. The summed E-state index contributed by atoms with van der Waals surface area (Å²) in [7, 11) is 2.00. The van der Waals surface area contributed by atoms with E-state index in [0.29, 0.717) is 11.3 Å². The van der Waals surface area contributed by atoms with Gasteiger partial charge in [0.05, 0.1) is 5.56 Å². The van der Waals surface area contributed by atoms with Crippen LogP contribution in [0.3, 0.4) is 0 Å². The van der Waals surface area contributed by atoms with Crippen molar-refractivity contribution in [1.29, 1.82) is 0 Å². The third-order valence-electron chi connectivity index (χ3n) is 5.16. The maximum absolute atomic E-state index is 12.7. The summed E-state index contributed by atoms with van der Waals surface area (Å²) >= 11 is 0. The van der Waals surface area contributed by atoms with Crippen molar-refractivity contribution in [2.24, 2.45) is 0 Å². The van der Waals surface area contributed by atoms with Crippen molar-refractivity contribution in [3.8, 4) is 22.8 Å². The molecule has 2 heterocycles. The van der Waals surface area contributed by atoms with Gasteiger partial charge in [-0.05, 0) is 26.4 Å². The van der Waals surface area contributed by atoms with Crippen LogP contribution in [0.2, 0.25) is 0 Å². The SMILES string of the molecule is CN1CCCCC1c1c(O)cc(O)c2c(=O)cc(-c3ccccc3)oc12. The van der Waals surface area contributed by atoms with Gasteiger partial charge in [-0.2, -0.15) is 0 Å². The van der Waals surface area contributed by atoms with Crippen molar-refractivity contribution in [3.63, 3.8) is 0 Å². The zero-order valence-electron chi connectivity index (χ0n) is 14.6. The Morgan fingerprint density at radius 1 is 1.08 bits per heavy atom. The van der Waals surface area contributed by atoms with Gasteiger partial charge in [-0.3, -0.25) is 9.69 Å². The molecule has 5 nitrogen and oxygen atoms in total. The van der Waals surface area contributed by atoms with E-state index in [-0.39, 0.29) is 33.9 Å². The third-order valence-corrected chi connectivity index (χ3v) is 5.16. The summed E-state index contributed by atoms with van der Waals surface area (Å²) in [6, 6.07) is 11.9. The molecule has 0 spiro atoms. The molecule has 1 atom stereocenters. The maximum Gasteiger partial charge on any atom is 0.197 e. The van der Waals surface area contributed by atoms with E-state index in [2.05, 4.69) is 4.90 Å². The monoisotopic (exact) mass is 351 g/mol. The van der Waals surface area contributed by atoms with Crippen LogP contribution in [0.1, 0.15) is 30.9 Å². The first-order chi connectivity index (χ1) is 12.6. The number of likely N-dealkylation sites (tertiary alicyclic amines) is 1. The molecule has 4 rings (SSSR count). The number of rotatable bonds is 2. The zero-order valence-corrected chi connectivity index (χ0v) is 14.6. The lowest BCUT2D eigenvalue weighted by Crippen LogP contribution is -2.29. The van der Waals surface area contributed by atoms with Crippen molar-refractivity contribution < 1.29 is 14.6 Å². The molecule has 2 N–H and O–H groups in total. The molecular formula is C21H21NO4. The average molecular weight is 351 g/mol. The number of phenols is 2. The summed E-state index contributed by atoms with van der Waals surface area (Å²) in [5, 5.41) is 20.9. The lowest BCUT2D eigenvalue weighted by molar-refractivity contribution is 0.184. The quantitative estimate of drug-likeness (QED) is 0.729. The summed E-state index contributed by atoms with van der Waals surface area (Å²) < 4.78 is 6.08. The highest BCUT2D eigenvalue weighted by Gasteiger charge is 2.28. The Bertz CT molecular complexity index is 1010. The highest BCUT2D eigenvalue weighted by molar-refractivity contribution is 5.89. The largest absolute Gasteiger partial charge is 0.507 e. The van der Waals surface area contributed by atoms with Gasteiger partial charge in [0, 0.05) is 23.7 Å². The first-order valence-electron chi connectivity index (χ1n) is 8.84. The summed E-state index contributed by atoms with van der Waals surface area (Å²) in [5.41, 5.74) is 1.31. The third kappa shape index (κ3) is 2.74. The van der Waals surface area contributed by atoms with Crippen molar-refractivity contribution in [1.82, 2.24) is 4.90 Å². The summed E-state index contributed by atoms with van der Waals surface area (Å²) in [4.78, 5) is 14.9. The molecule has 0 radical (unpaired) electrons. The van der Waals surface area contributed by atoms with Crippen molar-refractivity contribution in [3.05, 3.63) is 58.3 Å². The fourth-order valence-electron chi connectivity index (χ4n) is 3.83. The van der Waals surface area contributed by atoms with Crippen LogP contribution in [0, 0.1) is 0 Å². The molecule has 1 aliphatic heterocycles. The Morgan fingerprint density at radius 2 is 1.85 bits per heavy atom. The second-order valence-corrected chi connectivity index (χ2v) is 6.87. The second kappa shape index (κ2) is 6.50. The molecule has 0 saturated carbocycles. The number of phenolic OH excluding ortho intramolecular Hbond substituents is 2. The number of aromatic hydroxyl groups is 2. The van der Waals surface area contributed by atoms with Crippen LogP contribution < -0.4 is 5.43 Å². The maximum atomic E-state index is 12.7. The van der Waals surface area contributed by atoms with E-state index in [0.717, 1.165) is 31.4 Å². The minimum Gasteiger partial charge on any atom is -0.507 e. The number of benzene rings is 2. The molecule has 26 heavy (non-hydrogen) atoms. The van der Waals surface area contributed by atoms with E-state index in [4.69, 9.17) is 4.42 Å². The number of hydrogen-bond acceptors (Lipinski definition) is 5. The van der Waals surface area contributed by atoms with Gasteiger partial charge < -0.3 is 14.6 Å². The number of fused-ring (bicyclic) bond motifs is 1. The molecular weight excluding hydrogens is 330 g/mol. The van der Waals surface area contributed by atoms with Gasteiger partial charge in [-0.15, -0.1) is 0 Å². The molecule has 1 aliphatic rings. The van der Waals surface area contributed by atoms with Gasteiger partial charge in [-0.25, -0.2) is 0 Å². The van der Waals surface area contributed by atoms with Crippen molar-refractivity contribution in [2.45, 2.75) is 25.3 Å². The molecule has 0 bridgehead atoms. The highest BCUT2D eigenvalue weighted by Crippen LogP contribution is 2.42. The summed E-state index contributed by atoms with van der Waals surface area (Å²) in [5.74, 6) is 0.128. The molecule has 2 aromatic carbocycles. The van der Waals surface area contributed by atoms with Crippen LogP contribution in [-0.2, 0) is 0 Å². The zero-order chi connectivity index (χ0) is 18.3. The Morgan fingerprint density at radius 3 is 2.58 bits per heavy atom. The Kier molecular flexibility index (Phi) is 4.17. The molecule has 1 fully saturated rings. The Labute approximate surface area is 151 Å². The van der Waals surface area contributed by atoms with Crippen molar-refractivity contribution in [2.75, 3.05) is 13.6 Å². The van der Waals surface area contributed by atoms with Gasteiger partial charge in [0.2, 0.25) is 0 Å². The Hall–Kier alpha value is -2.79. The minimum atomic E-state index is -0.317. The van der Waals surface area contributed by atoms with Crippen LogP contribution in [0.4, 0.5) is 0 Å². The van der Waals surface area contributed by atoms with E-state index in [1.807, 2.05) is 37.4 Å². The predicted molar refractivity (Wildman–Crippen MR) is 100 cm³/mol. The van der Waals surface area contributed by atoms with E-state index in [1.165, 1.54) is 12.1 Å². The van der Waals surface area contributed by atoms with E-state index in [9.17, 15) is 15.0 Å². The van der Waals surface area contributed by atoms with Gasteiger partial charge >= 0.3 is 0 Å². The fourth-order valence-corrected chi connectivity index (χ4v) is 3.83. The van der Waals surface area contributed by atoms with Crippen LogP contribution >= 0.6 is 0 Å². The first kappa shape index (κ1) is 16.7. The molecule has 1 aromatic heterocycles. The minimum absolute atomic E-state index is 0.0397. The Balaban J connectivity index is 2.02. The average Bonchev–Trinajstić information content (AvgIpc) is 2.63. The molecule has 3 aromatic rings. The smallest absolute Gasteiger partial charge is 0.197 e. The molecule has 1 unspecified atom stereocenters. The van der Waals surface area contributed by atoms with Gasteiger partial charge in [0.25, 0.3) is 0 Å². The van der Waals surface area contributed by atoms with Crippen LogP contribution in [0.15, 0.2) is 51.7 Å². The number of piperidine rings is 1. The number of nitrogens with zero attached hydrogens (tertiary/aromatic N) is 1. The van der Waals surface area contributed by atoms with E-state index < -0.39 is 0 Å². The van der Waals surface area contributed by atoms with Crippen LogP contribution in [-0.4, -0.2) is 28.7 Å². The number of hydrogen-bond donors (Lipinski definition) is 2. The topological polar surface area (TPSA) is 73.9 Å². The van der Waals surface area contributed by atoms with Gasteiger partial charge in [0.15, 0.2) is 11.0 Å². The fraction of sp³-hybridized carbons (Fsp3) is 0.286. The molecule has 134 valence electrons. The summed E-state index contributed by atoms with van der Waals surface area (Å²) in [6.07, 6.45) is 3.01. The molecule has 0 aliphatic carbocycles. The lowest BCUT2D eigenvalue weighted by atomic mass is 9.93. The van der Waals surface area contributed by atoms with Crippen molar-refractivity contribution >= 4 is 11.0 Å². The first-order valence-corrected chi connectivity index (χ1v) is 8.84. The summed E-state index contributed by atoms with van der Waals surface area (Å²) in [6.45, 7) is 0.912. The molecule has 5 heteroatoms. The van der Waals surface area contributed by atoms with E-state index >= 15 is 0 Å². The standard InChI is InChI=1S/C21H21NO4/c1-22-10-6-5-9-14(22)19-15(23)11-16(24)20-17(25)12-18(26-21(19)20)13-7-3-2-4-8-13/h2-4,7-8,11-12,14,23-24H,5-6,9-10H2,1H3. The lowest BCUT2D eigenvalue weighted by Gasteiger charge is -2.33. The van der Waals surface area contributed by atoms with Crippen LogP contribution in [0.25, 0.3) is 22.3 Å². The molecule has 1 saturated heterocycles. The van der Waals surface area contributed by atoms with E-state index in [1.54, 1.807) is 0 Å². The molecule has 0 amide bonds. The normalized spacial score (nSPS) is 18.3. The highest BCUT2D eigenvalue weighted by atomic mass is 16.3.